The molecule has 0 aromatic heterocycles. The summed E-state index contributed by atoms with van der Waals surface area (Å²) in [7, 11) is 0. The largest absolute Gasteiger partial charge is 0.378 e. The highest BCUT2D eigenvalue weighted by molar-refractivity contribution is 5.44. The van der Waals surface area contributed by atoms with Crippen LogP contribution in [0, 0.1) is 31.5 Å². The van der Waals surface area contributed by atoms with Crippen molar-refractivity contribution in [3.63, 3.8) is 0 Å². The Hall–Kier alpha value is -1.33. The van der Waals surface area contributed by atoms with Gasteiger partial charge in [0.2, 0.25) is 0 Å². The first-order valence-corrected chi connectivity index (χ1v) is 4.82. The first kappa shape index (κ1) is 11.7. The summed E-state index contributed by atoms with van der Waals surface area (Å²) in [4.78, 5) is 0. The second kappa shape index (κ2) is 4.04. The van der Waals surface area contributed by atoms with Gasteiger partial charge in [-0.05, 0) is 44.9 Å². The molecule has 0 fully saturated rings. The van der Waals surface area contributed by atoms with Gasteiger partial charge in [0.05, 0.1) is 5.56 Å². The summed E-state index contributed by atoms with van der Waals surface area (Å²) >= 11 is 0. The second-order valence-electron chi connectivity index (χ2n) is 4.25. The molecule has 1 nitrogen and oxygen atoms in total. The highest BCUT2D eigenvalue weighted by Crippen LogP contribution is 2.14. The van der Waals surface area contributed by atoms with E-state index >= 15 is 0 Å². The number of benzene rings is 1. The second-order valence-corrected chi connectivity index (χ2v) is 4.25. The van der Waals surface area contributed by atoms with Crippen molar-refractivity contribution in [2.75, 3.05) is 0 Å². The van der Waals surface area contributed by atoms with Gasteiger partial charge < -0.3 is 5.11 Å². The standard InChI is InChI=1S/C13H15FO/c1-9-7-10(2)11(12(14)8-9)5-6-13(3,4)15/h7-8,15H,1-4H3. The minimum atomic E-state index is -1.09. The van der Waals surface area contributed by atoms with Crippen molar-refractivity contribution in [1.29, 1.82) is 0 Å². The van der Waals surface area contributed by atoms with Crippen LogP contribution in [0.4, 0.5) is 4.39 Å². The number of aliphatic hydroxyl groups is 1. The molecule has 1 aromatic rings. The Morgan fingerprint density at radius 1 is 1.27 bits per heavy atom. The Kier molecular flexibility index (Phi) is 3.16. The van der Waals surface area contributed by atoms with E-state index in [2.05, 4.69) is 11.8 Å². The van der Waals surface area contributed by atoms with Crippen LogP contribution in [0.2, 0.25) is 0 Å². The number of hydrogen-bond donors (Lipinski definition) is 1. The molecule has 2 heteroatoms. The molecule has 1 rings (SSSR count). The van der Waals surface area contributed by atoms with Crippen LogP contribution in [0.3, 0.4) is 0 Å². The zero-order valence-corrected chi connectivity index (χ0v) is 9.48. The minimum absolute atomic E-state index is 0.329. The molecule has 0 saturated carbocycles. The third-order valence-corrected chi connectivity index (χ3v) is 1.93. The third-order valence-electron chi connectivity index (χ3n) is 1.93. The summed E-state index contributed by atoms with van der Waals surface area (Å²) in [5, 5.41) is 9.42. The highest BCUT2D eigenvalue weighted by Gasteiger charge is 2.08. The van der Waals surface area contributed by atoms with E-state index in [-0.39, 0.29) is 5.82 Å². The topological polar surface area (TPSA) is 20.2 Å². The van der Waals surface area contributed by atoms with Crippen LogP contribution in [0.25, 0.3) is 0 Å². The van der Waals surface area contributed by atoms with Gasteiger partial charge in [-0.1, -0.05) is 17.9 Å². The summed E-state index contributed by atoms with van der Waals surface area (Å²) < 4.78 is 13.5. The van der Waals surface area contributed by atoms with Crippen LogP contribution in [0.5, 0.6) is 0 Å². The molecule has 15 heavy (non-hydrogen) atoms. The summed E-state index contributed by atoms with van der Waals surface area (Å²) in [6, 6.07) is 3.32. The maximum Gasteiger partial charge on any atom is 0.139 e. The van der Waals surface area contributed by atoms with Crippen LogP contribution in [0.15, 0.2) is 12.1 Å². The van der Waals surface area contributed by atoms with Gasteiger partial charge in [-0.2, -0.15) is 0 Å². The number of hydrogen-bond acceptors (Lipinski definition) is 1. The average Bonchev–Trinajstić information content (AvgIpc) is 1.99. The van der Waals surface area contributed by atoms with Gasteiger partial charge in [-0.3, -0.25) is 0 Å². The predicted molar refractivity (Wildman–Crippen MR) is 59.0 cm³/mol. The fourth-order valence-corrected chi connectivity index (χ4v) is 1.29. The molecule has 0 saturated heterocycles. The summed E-state index contributed by atoms with van der Waals surface area (Å²) in [6.07, 6.45) is 0. The van der Waals surface area contributed by atoms with Crippen molar-refractivity contribution >= 4 is 0 Å². The number of aryl methyl sites for hydroxylation is 2. The molecule has 0 spiro atoms. The van der Waals surface area contributed by atoms with E-state index in [0.717, 1.165) is 11.1 Å². The van der Waals surface area contributed by atoms with E-state index in [1.807, 2.05) is 19.9 Å². The third kappa shape index (κ3) is 3.38. The Balaban J connectivity index is 3.20. The monoisotopic (exact) mass is 206 g/mol. The lowest BCUT2D eigenvalue weighted by molar-refractivity contribution is 0.143. The van der Waals surface area contributed by atoms with Gasteiger partial charge in [0, 0.05) is 0 Å². The van der Waals surface area contributed by atoms with E-state index < -0.39 is 5.60 Å². The van der Waals surface area contributed by atoms with Crippen molar-refractivity contribution in [2.45, 2.75) is 33.3 Å². The zero-order valence-electron chi connectivity index (χ0n) is 9.48. The van der Waals surface area contributed by atoms with Gasteiger partial charge in [0.1, 0.15) is 11.4 Å². The highest BCUT2D eigenvalue weighted by atomic mass is 19.1. The SMILES string of the molecule is Cc1cc(C)c(C#CC(C)(C)O)c(F)c1. The van der Waals surface area contributed by atoms with Gasteiger partial charge in [0.25, 0.3) is 0 Å². The summed E-state index contributed by atoms with van der Waals surface area (Å²) in [5.41, 5.74) is 0.940. The Morgan fingerprint density at radius 2 is 1.87 bits per heavy atom. The Bertz CT molecular complexity index is 407. The molecule has 1 aromatic carbocycles. The molecule has 0 heterocycles. The van der Waals surface area contributed by atoms with Gasteiger partial charge >= 0.3 is 0 Å². The van der Waals surface area contributed by atoms with E-state index in [9.17, 15) is 9.50 Å². The van der Waals surface area contributed by atoms with Crippen LogP contribution in [-0.4, -0.2) is 10.7 Å². The minimum Gasteiger partial charge on any atom is -0.378 e. The van der Waals surface area contributed by atoms with Crippen molar-refractivity contribution < 1.29 is 9.50 Å². The lowest BCUT2D eigenvalue weighted by atomic mass is 10.0. The van der Waals surface area contributed by atoms with Crippen molar-refractivity contribution in [1.82, 2.24) is 0 Å². The van der Waals surface area contributed by atoms with E-state index in [4.69, 9.17) is 0 Å². The fourth-order valence-electron chi connectivity index (χ4n) is 1.29. The molecular formula is C13H15FO. The van der Waals surface area contributed by atoms with Gasteiger partial charge in [0.15, 0.2) is 0 Å². The van der Waals surface area contributed by atoms with E-state index in [1.54, 1.807) is 13.8 Å². The predicted octanol–water partition coefficient (Wildman–Crippen LogP) is 2.56. The first-order chi connectivity index (χ1) is 6.79. The maximum absolute atomic E-state index is 13.5. The van der Waals surface area contributed by atoms with Gasteiger partial charge in [-0.25, -0.2) is 4.39 Å². The average molecular weight is 206 g/mol. The Morgan fingerprint density at radius 3 is 2.33 bits per heavy atom. The molecular weight excluding hydrogens is 191 g/mol. The van der Waals surface area contributed by atoms with Crippen LogP contribution < -0.4 is 0 Å². The van der Waals surface area contributed by atoms with E-state index in [0.29, 0.717) is 5.56 Å². The van der Waals surface area contributed by atoms with E-state index in [1.165, 1.54) is 6.07 Å². The molecule has 80 valence electrons. The van der Waals surface area contributed by atoms with Crippen LogP contribution in [0.1, 0.15) is 30.5 Å². The van der Waals surface area contributed by atoms with Crippen LogP contribution >= 0.6 is 0 Å². The first-order valence-electron chi connectivity index (χ1n) is 4.82. The number of halogens is 1. The molecule has 0 bridgehead atoms. The molecule has 0 aliphatic rings. The molecule has 0 amide bonds. The van der Waals surface area contributed by atoms with Crippen LogP contribution in [-0.2, 0) is 0 Å². The maximum atomic E-state index is 13.5. The Labute approximate surface area is 89.9 Å². The van der Waals surface area contributed by atoms with Crippen molar-refractivity contribution in [2.24, 2.45) is 0 Å². The molecule has 1 N–H and O–H groups in total. The molecule has 0 unspecified atom stereocenters. The molecule has 0 aliphatic carbocycles. The fraction of sp³-hybridized carbons (Fsp3) is 0.385. The lowest BCUT2D eigenvalue weighted by Crippen LogP contribution is -2.14. The number of rotatable bonds is 0. The molecule has 0 aliphatic heterocycles. The lowest BCUT2D eigenvalue weighted by Gasteiger charge is -2.07. The molecule has 0 radical (unpaired) electrons. The summed E-state index contributed by atoms with van der Waals surface area (Å²) in [6.45, 7) is 6.79. The van der Waals surface area contributed by atoms with Crippen molar-refractivity contribution in [3.05, 3.63) is 34.6 Å². The van der Waals surface area contributed by atoms with Gasteiger partial charge in [-0.15, -0.1) is 0 Å². The zero-order chi connectivity index (χ0) is 11.6. The summed E-state index contributed by atoms with van der Waals surface area (Å²) in [5.74, 6) is 4.95. The quantitative estimate of drug-likeness (QED) is 0.647. The van der Waals surface area contributed by atoms with Crippen molar-refractivity contribution in [3.8, 4) is 11.8 Å². The molecule has 0 atom stereocenters. The smallest absolute Gasteiger partial charge is 0.139 e. The normalized spacial score (nSPS) is 10.8.